The number of pyridine rings is 1. The molecular formula is C18H17ClN4O4. The fourth-order valence-electron chi connectivity index (χ4n) is 2.83. The maximum Gasteiger partial charge on any atom is 0.332 e. The summed E-state index contributed by atoms with van der Waals surface area (Å²) in [5.74, 6) is -0.208. The molecule has 3 rings (SSSR count). The normalized spacial score (nSPS) is 10.8. The van der Waals surface area contributed by atoms with Crippen molar-refractivity contribution in [3.8, 4) is 5.75 Å². The minimum atomic E-state index is -0.646. The molecule has 0 unspecified atom stereocenters. The molecular weight excluding hydrogens is 372 g/mol. The van der Waals surface area contributed by atoms with Crippen molar-refractivity contribution in [1.29, 1.82) is 0 Å². The summed E-state index contributed by atoms with van der Waals surface area (Å²) in [5, 5.41) is 3.22. The third-order valence-corrected chi connectivity index (χ3v) is 4.33. The first-order valence-corrected chi connectivity index (χ1v) is 8.39. The molecule has 0 spiro atoms. The van der Waals surface area contributed by atoms with Crippen LogP contribution < -0.4 is 21.3 Å². The van der Waals surface area contributed by atoms with Gasteiger partial charge in [-0.25, -0.2) is 14.3 Å². The number of hydrogen-bond donors (Lipinski definition) is 1. The molecule has 0 radical (unpaired) electrons. The number of rotatable bonds is 4. The van der Waals surface area contributed by atoms with E-state index in [0.29, 0.717) is 22.0 Å². The summed E-state index contributed by atoms with van der Waals surface area (Å²) in [7, 11) is 2.92. The highest BCUT2D eigenvalue weighted by Gasteiger charge is 2.19. The van der Waals surface area contributed by atoms with Crippen LogP contribution >= 0.6 is 11.6 Å². The zero-order chi connectivity index (χ0) is 19.7. The highest BCUT2D eigenvalue weighted by molar-refractivity contribution is 6.30. The first-order valence-electron chi connectivity index (χ1n) is 8.02. The van der Waals surface area contributed by atoms with Gasteiger partial charge in [-0.05, 0) is 25.1 Å². The van der Waals surface area contributed by atoms with Gasteiger partial charge in [0.2, 0.25) is 5.91 Å². The van der Waals surface area contributed by atoms with E-state index >= 15 is 0 Å². The van der Waals surface area contributed by atoms with Gasteiger partial charge in [0.25, 0.3) is 5.56 Å². The van der Waals surface area contributed by atoms with Crippen LogP contribution in [0.15, 0.2) is 40.1 Å². The molecule has 0 bridgehead atoms. The second-order valence-corrected chi connectivity index (χ2v) is 6.40. The fourth-order valence-corrected chi connectivity index (χ4v) is 3.02. The molecule has 0 aliphatic carbocycles. The van der Waals surface area contributed by atoms with Crippen molar-refractivity contribution >= 4 is 34.2 Å². The molecule has 2 aromatic heterocycles. The molecule has 0 saturated carbocycles. The van der Waals surface area contributed by atoms with Gasteiger partial charge < -0.3 is 10.1 Å². The van der Waals surface area contributed by atoms with E-state index in [2.05, 4.69) is 10.3 Å². The van der Waals surface area contributed by atoms with Crippen LogP contribution in [0.3, 0.4) is 0 Å². The number of benzene rings is 1. The van der Waals surface area contributed by atoms with Crippen molar-refractivity contribution in [1.82, 2.24) is 14.1 Å². The van der Waals surface area contributed by atoms with Crippen molar-refractivity contribution in [3.05, 3.63) is 61.9 Å². The molecule has 1 aromatic carbocycles. The second kappa shape index (κ2) is 7.24. The third-order valence-electron chi connectivity index (χ3n) is 4.10. The summed E-state index contributed by atoms with van der Waals surface area (Å²) in [5.41, 5.74) is 0.0254. The number of aryl methyl sites for hydroxylation is 2. The molecule has 0 atom stereocenters. The van der Waals surface area contributed by atoms with Gasteiger partial charge in [0, 0.05) is 29.5 Å². The Hall–Kier alpha value is -3.13. The lowest BCUT2D eigenvalue weighted by Gasteiger charge is -2.13. The Bertz CT molecular complexity index is 1170. The van der Waals surface area contributed by atoms with E-state index in [1.807, 2.05) is 0 Å². The van der Waals surface area contributed by atoms with Crippen molar-refractivity contribution in [3.63, 3.8) is 0 Å². The maximum atomic E-state index is 12.9. The van der Waals surface area contributed by atoms with Gasteiger partial charge in [0.05, 0.1) is 7.11 Å². The molecule has 140 valence electrons. The van der Waals surface area contributed by atoms with Gasteiger partial charge in [-0.3, -0.25) is 14.2 Å². The number of ether oxygens (including phenoxy) is 1. The Kier molecular flexibility index (Phi) is 5.00. The van der Waals surface area contributed by atoms with Crippen LogP contribution in [0.5, 0.6) is 5.75 Å². The largest absolute Gasteiger partial charge is 0.495 e. The molecule has 2 heterocycles. The number of halogens is 1. The molecule has 0 aliphatic heterocycles. The Morgan fingerprint density at radius 3 is 2.74 bits per heavy atom. The van der Waals surface area contributed by atoms with E-state index in [-0.39, 0.29) is 11.0 Å². The summed E-state index contributed by atoms with van der Waals surface area (Å²) in [6.07, 6.45) is 1.52. The number of nitrogens with one attached hydrogen (secondary N) is 1. The molecule has 27 heavy (non-hydrogen) atoms. The first-order chi connectivity index (χ1) is 12.8. The summed E-state index contributed by atoms with van der Waals surface area (Å²) >= 11 is 5.89. The van der Waals surface area contributed by atoms with E-state index in [0.717, 1.165) is 4.57 Å². The summed E-state index contributed by atoms with van der Waals surface area (Å²) < 4.78 is 7.39. The second-order valence-electron chi connectivity index (χ2n) is 5.96. The highest BCUT2D eigenvalue weighted by Crippen LogP contribution is 2.23. The average molecular weight is 389 g/mol. The number of fused-ring (bicyclic) bond motifs is 1. The number of carbonyl (C=O) groups excluding carboxylic acids is 1. The SMILES string of the molecule is COc1c(C)cnc2c1c(=O)n(CC(=O)Nc1cccc(Cl)c1)c(=O)n2C. The van der Waals surface area contributed by atoms with Crippen LogP contribution in [0, 0.1) is 6.92 Å². The first kappa shape index (κ1) is 18.7. The number of carbonyl (C=O) groups is 1. The summed E-state index contributed by atoms with van der Waals surface area (Å²) in [6.45, 7) is 1.29. The van der Waals surface area contributed by atoms with Gasteiger partial charge in [-0.2, -0.15) is 0 Å². The molecule has 9 heteroatoms. The van der Waals surface area contributed by atoms with Gasteiger partial charge >= 0.3 is 5.69 Å². The number of hydrogen-bond acceptors (Lipinski definition) is 5. The van der Waals surface area contributed by atoms with Gasteiger partial charge in [0.1, 0.15) is 17.7 Å². The van der Waals surface area contributed by atoms with E-state index in [1.165, 1.54) is 24.9 Å². The Morgan fingerprint density at radius 2 is 2.07 bits per heavy atom. The van der Waals surface area contributed by atoms with Gasteiger partial charge in [0.15, 0.2) is 5.65 Å². The predicted octanol–water partition coefficient (Wildman–Crippen LogP) is 1.70. The van der Waals surface area contributed by atoms with Crippen molar-refractivity contribution < 1.29 is 9.53 Å². The molecule has 8 nitrogen and oxygen atoms in total. The Balaban J connectivity index is 2.08. The number of amides is 1. The van der Waals surface area contributed by atoms with E-state index in [9.17, 15) is 14.4 Å². The topological polar surface area (TPSA) is 95.2 Å². The fraction of sp³-hybridized carbons (Fsp3) is 0.222. The van der Waals surface area contributed by atoms with E-state index in [1.54, 1.807) is 31.2 Å². The lowest BCUT2D eigenvalue weighted by atomic mass is 10.2. The summed E-state index contributed by atoms with van der Waals surface area (Å²) in [6, 6.07) is 6.57. The van der Waals surface area contributed by atoms with Crippen LogP contribution in [0.1, 0.15) is 5.56 Å². The van der Waals surface area contributed by atoms with Gasteiger partial charge in [-0.1, -0.05) is 17.7 Å². The molecule has 0 saturated heterocycles. The number of aromatic nitrogens is 3. The van der Waals surface area contributed by atoms with E-state index in [4.69, 9.17) is 16.3 Å². The van der Waals surface area contributed by atoms with E-state index < -0.39 is 23.7 Å². The lowest BCUT2D eigenvalue weighted by molar-refractivity contribution is -0.116. The lowest BCUT2D eigenvalue weighted by Crippen LogP contribution is -2.42. The van der Waals surface area contributed by atoms with Crippen LogP contribution in [0.25, 0.3) is 11.0 Å². The van der Waals surface area contributed by atoms with Crippen LogP contribution in [0.4, 0.5) is 5.69 Å². The predicted molar refractivity (Wildman–Crippen MR) is 103 cm³/mol. The zero-order valence-corrected chi connectivity index (χ0v) is 15.7. The van der Waals surface area contributed by atoms with Crippen LogP contribution in [0.2, 0.25) is 5.02 Å². The smallest absolute Gasteiger partial charge is 0.332 e. The summed E-state index contributed by atoms with van der Waals surface area (Å²) in [4.78, 5) is 42.0. The monoisotopic (exact) mass is 388 g/mol. The Morgan fingerprint density at radius 1 is 1.33 bits per heavy atom. The number of nitrogens with zero attached hydrogens (tertiary/aromatic N) is 3. The maximum absolute atomic E-state index is 12.9. The van der Waals surface area contributed by atoms with Gasteiger partial charge in [-0.15, -0.1) is 0 Å². The number of anilines is 1. The zero-order valence-electron chi connectivity index (χ0n) is 14.9. The average Bonchev–Trinajstić information content (AvgIpc) is 2.63. The minimum Gasteiger partial charge on any atom is -0.495 e. The highest BCUT2D eigenvalue weighted by atomic mass is 35.5. The third kappa shape index (κ3) is 3.43. The number of methoxy groups -OCH3 is 1. The molecule has 0 fully saturated rings. The van der Waals surface area contributed by atoms with Crippen molar-refractivity contribution in [2.75, 3.05) is 12.4 Å². The molecule has 0 aliphatic rings. The Labute approximate surface area is 159 Å². The standard InChI is InChI=1S/C18H17ClN4O4/c1-10-8-20-16-14(15(10)27-3)17(25)23(18(26)22(16)2)9-13(24)21-12-6-4-5-11(19)7-12/h4-8H,9H2,1-3H3,(H,21,24). The molecule has 3 aromatic rings. The van der Waals surface area contributed by atoms with Crippen LogP contribution in [-0.2, 0) is 18.4 Å². The van der Waals surface area contributed by atoms with Crippen molar-refractivity contribution in [2.45, 2.75) is 13.5 Å². The van der Waals surface area contributed by atoms with Crippen LogP contribution in [-0.4, -0.2) is 27.1 Å². The minimum absolute atomic E-state index is 0.148. The van der Waals surface area contributed by atoms with Crippen molar-refractivity contribution in [2.24, 2.45) is 7.05 Å². The quantitative estimate of drug-likeness (QED) is 0.734. The molecule has 1 N–H and O–H groups in total. The molecule has 1 amide bonds.